The van der Waals surface area contributed by atoms with Gasteiger partial charge >= 0.3 is 10.1 Å². The summed E-state index contributed by atoms with van der Waals surface area (Å²) in [6.07, 6.45) is -2.90. The van der Waals surface area contributed by atoms with Gasteiger partial charge in [0.1, 0.15) is 18.2 Å². The Kier molecular flexibility index (Phi) is 8.17. The van der Waals surface area contributed by atoms with Crippen LogP contribution in [0.1, 0.15) is 23.0 Å². The van der Waals surface area contributed by atoms with Gasteiger partial charge in [0.2, 0.25) is 0 Å². The molecule has 1 fully saturated rings. The second-order valence-corrected chi connectivity index (χ2v) is 10.8. The molecule has 214 valence electrons. The van der Waals surface area contributed by atoms with Gasteiger partial charge in [-0.15, -0.1) is 0 Å². The van der Waals surface area contributed by atoms with E-state index < -0.39 is 51.3 Å². The molecule has 0 saturated carbocycles. The summed E-state index contributed by atoms with van der Waals surface area (Å²) in [6, 6.07) is 13.0. The molecule has 0 bridgehead atoms. The first kappa shape index (κ1) is 28.4. The maximum Gasteiger partial charge on any atom is 0.309 e. The summed E-state index contributed by atoms with van der Waals surface area (Å²) in [6.45, 7) is 0. The Bertz CT molecular complexity index is 1670. The zero-order chi connectivity index (χ0) is 29.1. The lowest BCUT2D eigenvalue weighted by atomic mass is 10.1. The summed E-state index contributed by atoms with van der Waals surface area (Å²) in [5, 5.41) is 13.5. The number of amides is 1. The zero-order valence-corrected chi connectivity index (χ0v) is 22.9. The average molecular weight is 605 g/mol. The van der Waals surface area contributed by atoms with E-state index in [4.69, 9.17) is 13.4 Å². The third kappa shape index (κ3) is 6.15. The first-order chi connectivity index (χ1) is 19.7. The Hall–Kier alpha value is -4.11. The Morgan fingerprint density at radius 1 is 1.15 bits per heavy atom. The molecule has 1 aliphatic heterocycles. The van der Waals surface area contributed by atoms with E-state index in [1.165, 1.54) is 17.2 Å². The van der Waals surface area contributed by atoms with Crippen LogP contribution < -0.4 is 9.50 Å². The number of hydrogen-bond donors (Lipinski definition) is 1. The fraction of sp³-hybridized carbons (Fsp3) is 0.250. The van der Waals surface area contributed by atoms with E-state index in [2.05, 4.69) is 20.3 Å². The van der Waals surface area contributed by atoms with Crippen molar-refractivity contribution in [3.05, 3.63) is 82.9 Å². The smallest absolute Gasteiger partial charge is 0.309 e. The molecule has 5 atom stereocenters. The average Bonchev–Trinajstić information content (AvgIpc) is 3.53. The van der Waals surface area contributed by atoms with Crippen LogP contribution in [0.3, 0.4) is 0 Å². The van der Waals surface area contributed by atoms with Crippen LogP contribution in [0.25, 0.3) is 11.2 Å². The molecule has 41 heavy (non-hydrogen) atoms. The number of imidazole rings is 1. The number of fused-ring (bicyclic) bond motifs is 1. The number of non-ortho nitro benzene ring substituents is 1. The molecule has 1 saturated heterocycles. The highest BCUT2D eigenvalue weighted by Gasteiger charge is 2.47. The molecule has 0 spiro atoms. The number of halogens is 1. The highest BCUT2D eigenvalue weighted by molar-refractivity contribution is 7.87. The topological polar surface area (TPSA) is 178 Å². The van der Waals surface area contributed by atoms with Crippen molar-refractivity contribution in [2.24, 2.45) is 0 Å². The largest absolute Gasteiger partial charge is 0.382 e. The molecule has 0 radical (unpaired) electrons. The summed E-state index contributed by atoms with van der Waals surface area (Å²) in [7, 11) is -2.21. The van der Waals surface area contributed by atoms with Crippen molar-refractivity contribution in [2.75, 3.05) is 11.1 Å². The second-order valence-electron chi connectivity index (χ2n) is 8.86. The van der Waals surface area contributed by atoms with Crippen LogP contribution in [0.4, 0.5) is 15.9 Å². The molecule has 17 heteroatoms. The highest BCUT2D eigenvalue weighted by atomic mass is 32.2. The first-order valence-electron chi connectivity index (χ1n) is 12.0. The number of aromatic nitrogens is 4. The molecule has 2 aromatic heterocycles. The minimum absolute atomic E-state index is 0.109. The van der Waals surface area contributed by atoms with Crippen molar-refractivity contribution < 1.29 is 36.0 Å². The molecule has 3 heterocycles. The molecule has 14 nitrogen and oxygen atoms in total. The van der Waals surface area contributed by atoms with Crippen molar-refractivity contribution in [2.45, 2.75) is 31.0 Å². The molecule has 1 amide bonds. The summed E-state index contributed by atoms with van der Waals surface area (Å²) in [4.78, 5) is 35.3. The molecular weight excluding hydrogens is 582 g/mol. The predicted molar refractivity (Wildman–Crippen MR) is 145 cm³/mol. The summed E-state index contributed by atoms with van der Waals surface area (Å²) in [5.74, 6) is -0.973. The summed E-state index contributed by atoms with van der Waals surface area (Å²) < 4.78 is 58.0. The molecule has 0 aliphatic carbocycles. The number of rotatable bonds is 10. The van der Waals surface area contributed by atoms with Crippen LogP contribution >= 0.6 is 9.47 Å². The van der Waals surface area contributed by atoms with Gasteiger partial charge in [0.25, 0.3) is 11.6 Å². The van der Waals surface area contributed by atoms with Crippen LogP contribution in [0.5, 0.6) is 5.75 Å². The second kappa shape index (κ2) is 11.8. The molecule has 2 aromatic carbocycles. The van der Waals surface area contributed by atoms with Crippen LogP contribution in [-0.2, 0) is 19.4 Å². The number of ether oxygens (including phenoxy) is 1. The summed E-state index contributed by atoms with van der Waals surface area (Å²) >= 11 is 0. The van der Waals surface area contributed by atoms with Crippen molar-refractivity contribution in [3.63, 3.8) is 0 Å². The molecule has 5 rings (SSSR count). The third-order valence-electron chi connectivity index (χ3n) is 6.25. The first-order valence-corrected chi connectivity index (χ1v) is 14.1. The lowest BCUT2D eigenvalue weighted by Gasteiger charge is -2.17. The number of carbonyl (C=O) groups is 1. The zero-order valence-electron chi connectivity index (χ0n) is 20.9. The fourth-order valence-electron chi connectivity index (χ4n) is 4.28. The van der Waals surface area contributed by atoms with Gasteiger partial charge < -0.3 is 18.8 Å². The Morgan fingerprint density at radius 3 is 2.56 bits per heavy atom. The third-order valence-corrected chi connectivity index (χ3v) is 7.74. The van der Waals surface area contributed by atoms with Crippen LogP contribution in [-0.4, -0.2) is 62.9 Å². The van der Waals surface area contributed by atoms with Crippen molar-refractivity contribution in [1.29, 1.82) is 0 Å². The van der Waals surface area contributed by atoms with Crippen LogP contribution in [0.15, 0.2) is 67.3 Å². The number of anilines is 1. The number of hydrogen-bond acceptors (Lipinski definition) is 11. The van der Waals surface area contributed by atoms with Crippen molar-refractivity contribution >= 4 is 48.2 Å². The van der Waals surface area contributed by atoms with Gasteiger partial charge in [0, 0.05) is 27.2 Å². The number of benzene rings is 2. The number of carbonyl (C=O) groups excluding carboxylic acids is 1. The lowest BCUT2D eigenvalue weighted by molar-refractivity contribution is -0.384. The van der Waals surface area contributed by atoms with E-state index in [9.17, 15) is 23.3 Å². The number of nitro groups is 1. The molecule has 1 unspecified atom stereocenters. The SMILES string of the molecule is O=C(Nc1ncnc2c1ncn2[C@@H]1O[C@H](CCS(=O)(=O)Oc2ccc([N+](=O)[O-])cc2)[C@@H](OP)[C@H]1F)c1ccccc1. The van der Waals surface area contributed by atoms with E-state index >= 15 is 4.39 Å². The van der Waals surface area contributed by atoms with Crippen molar-refractivity contribution in [3.8, 4) is 5.75 Å². The van der Waals surface area contributed by atoms with E-state index in [0.29, 0.717) is 5.56 Å². The van der Waals surface area contributed by atoms with Crippen LogP contribution in [0, 0.1) is 10.1 Å². The van der Waals surface area contributed by atoms with E-state index in [-0.39, 0.29) is 34.8 Å². The minimum atomic E-state index is -4.17. The maximum atomic E-state index is 15.5. The Balaban J connectivity index is 1.29. The molecule has 1 aliphatic rings. The fourth-order valence-corrected chi connectivity index (χ4v) is 5.62. The van der Waals surface area contributed by atoms with Crippen molar-refractivity contribution in [1.82, 2.24) is 19.5 Å². The van der Waals surface area contributed by atoms with Gasteiger partial charge in [-0.2, -0.15) is 8.42 Å². The number of alkyl halides is 1. The van der Waals surface area contributed by atoms with Crippen LogP contribution in [0.2, 0.25) is 0 Å². The maximum absolute atomic E-state index is 15.5. The van der Waals surface area contributed by atoms with Gasteiger partial charge in [-0.1, -0.05) is 18.2 Å². The molecule has 1 N–H and O–H groups in total. The quantitative estimate of drug-likeness (QED) is 0.122. The summed E-state index contributed by atoms with van der Waals surface area (Å²) in [5.41, 5.74) is 0.543. The number of nitrogens with one attached hydrogen (secondary N) is 1. The monoisotopic (exact) mass is 604 g/mol. The molecule has 4 aromatic rings. The lowest BCUT2D eigenvalue weighted by Crippen LogP contribution is -2.31. The van der Waals surface area contributed by atoms with Gasteiger partial charge in [0.15, 0.2) is 29.4 Å². The van der Waals surface area contributed by atoms with Gasteiger partial charge in [-0.05, 0) is 30.7 Å². The van der Waals surface area contributed by atoms with Gasteiger partial charge in [0.05, 0.1) is 23.1 Å². The van der Waals surface area contributed by atoms with E-state index in [1.807, 2.05) is 9.47 Å². The number of nitrogens with zero attached hydrogens (tertiary/aromatic N) is 5. The van der Waals surface area contributed by atoms with E-state index in [0.717, 1.165) is 24.3 Å². The normalized spacial score (nSPS) is 20.6. The number of nitro benzene ring substituents is 1. The highest BCUT2D eigenvalue weighted by Crippen LogP contribution is 2.38. The van der Waals surface area contributed by atoms with Gasteiger partial charge in [-0.3, -0.25) is 19.5 Å². The van der Waals surface area contributed by atoms with Gasteiger partial charge in [-0.25, -0.2) is 19.3 Å². The Labute approximate surface area is 234 Å². The van der Waals surface area contributed by atoms with E-state index in [1.54, 1.807) is 30.3 Å². The molecular formula is C24H22FN6O8PS. The Morgan fingerprint density at radius 2 is 1.88 bits per heavy atom. The standard InChI is InChI=1S/C24H22FN6O8PS/c25-18-20(38-40)17(10-11-41(35,36)39-16-8-6-15(7-9-16)31(33)34)37-24(18)30-13-28-19-21(26-12-27-22(19)30)29-23(32)14-4-2-1-3-5-14/h1-9,12-13,17-18,20,24H,10-11,40H2,(H,26,27,29,32)/t17-,18-,20-,24-/m1/s1. The minimum Gasteiger partial charge on any atom is -0.382 e. The predicted octanol–water partition coefficient (Wildman–Crippen LogP) is 3.20.